The average Bonchev–Trinajstić information content (AvgIpc) is 2.36. The van der Waals surface area contributed by atoms with E-state index in [4.69, 9.17) is 9.16 Å². The van der Waals surface area contributed by atoms with Gasteiger partial charge in [0.1, 0.15) is 0 Å². The molecule has 3 nitrogen and oxygen atoms in total. The van der Waals surface area contributed by atoms with Gasteiger partial charge in [-0.25, -0.2) is 4.79 Å². The summed E-state index contributed by atoms with van der Waals surface area (Å²) in [6, 6.07) is 8.26. The molecule has 0 aliphatic heterocycles. The van der Waals surface area contributed by atoms with Gasteiger partial charge in [0.2, 0.25) is 0 Å². The predicted molar refractivity (Wildman–Crippen MR) is 75.5 cm³/mol. The van der Waals surface area contributed by atoms with Crippen molar-refractivity contribution in [2.45, 2.75) is 33.0 Å². The van der Waals surface area contributed by atoms with Gasteiger partial charge in [-0.15, -0.1) is 0 Å². The summed E-state index contributed by atoms with van der Waals surface area (Å²) in [4.78, 5) is 11.0. The lowest BCUT2D eigenvalue weighted by atomic mass is 10.0. The van der Waals surface area contributed by atoms with Crippen LogP contribution < -0.4 is 5.19 Å². The Morgan fingerprint density at radius 2 is 2.00 bits per heavy atom. The van der Waals surface area contributed by atoms with Gasteiger partial charge in [0.15, 0.2) is 16.1 Å². The van der Waals surface area contributed by atoms with Crippen molar-refractivity contribution in [2.24, 2.45) is 0 Å². The predicted octanol–water partition coefficient (Wildman–Crippen LogP) is 1.61. The zero-order valence-electron chi connectivity index (χ0n) is 11.2. The number of rotatable bonds is 6. The van der Waals surface area contributed by atoms with Gasteiger partial charge in [-0.3, -0.25) is 0 Å². The monoisotopic (exact) mass is 264 g/mol. The Labute approximate surface area is 111 Å². The summed E-state index contributed by atoms with van der Waals surface area (Å²) in [6.07, 6.45) is 0.631. The van der Waals surface area contributed by atoms with Gasteiger partial charge in [0, 0.05) is 6.08 Å². The Hall–Kier alpha value is -1.39. The van der Waals surface area contributed by atoms with Crippen LogP contribution in [0.15, 0.2) is 36.9 Å². The van der Waals surface area contributed by atoms with E-state index in [2.05, 4.69) is 32.6 Å². The Morgan fingerprint density at radius 1 is 1.33 bits per heavy atom. The molecule has 0 N–H and O–H groups in total. The second-order valence-corrected chi connectivity index (χ2v) is 5.76. The summed E-state index contributed by atoms with van der Waals surface area (Å²) in [7, 11) is -0.893. The molecule has 1 aromatic rings. The molecule has 98 valence electrons. The number of esters is 1. The summed E-state index contributed by atoms with van der Waals surface area (Å²) in [6.45, 7) is 9.40. The van der Waals surface area contributed by atoms with Crippen LogP contribution in [0.2, 0.25) is 0 Å². The van der Waals surface area contributed by atoms with Crippen LogP contribution in [-0.2, 0) is 14.0 Å². The van der Waals surface area contributed by atoms with Crippen LogP contribution in [0.1, 0.15) is 32.3 Å². The fourth-order valence-electron chi connectivity index (χ4n) is 1.68. The molecule has 1 rings (SSSR count). The fourth-order valence-corrected chi connectivity index (χ4v) is 3.09. The molecule has 4 heteroatoms. The average molecular weight is 264 g/mol. The highest BCUT2D eigenvalue weighted by Gasteiger charge is 2.10. The second-order valence-electron chi connectivity index (χ2n) is 4.37. The van der Waals surface area contributed by atoms with E-state index in [-0.39, 0.29) is 0 Å². The minimum absolute atomic E-state index is 0.450. The number of carbonyl (C=O) groups is 1. The third-order valence-electron chi connectivity index (χ3n) is 2.60. The number of carbonyl (C=O) groups excluding carboxylic acids is 1. The van der Waals surface area contributed by atoms with Crippen molar-refractivity contribution in [3.63, 3.8) is 0 Å². The topological polar surface area (TPSA) is 35.5 Å². The highest BCUT2D eigenvalue weighted by Crippen LogP contribution is 2.10. The van der Waals surface area contributed by atoms with Crippen molar-refractivity contribution < 1.29 is 14.0 Å². The van der Waals surface area contributed by atoms with Crippen LogP contribution in [-0.4, -0.2) is 22.0 Å². The van der Waals surface area contributed by atoms with Crippen LogP contribution in [0.25, 0.3) is 0 Å². The zero-order chi connectivity index (χ0) is 13.5. The molecule has 0 saturated heterocycles. The standard InChI is InChI=1S/C14H20O3Si/c1-5-14(15)16-11(4)17-18-13-9-7-6-8-12(13)10(2)3/h5-11H,1,18H2,2-4H3. The van der Waals surface area contributed by atoms with E-state index in [9.17, 15) is 4.79 Å². The van der Waals surface area contributed by atoms with Gasteiger partial charge in [-0.1, -0.05) is 44.7 Å². The first-order valence-corrected chi connectivity index (χ1v) is 7.35. The van der Waals surface area contributed by atoms with Crippen molar-refractivity contribution in [3.05, 3.63) is 42.5 Å². The minimum atomic E-state index is -0.893. The van der Waals surface area contributed by atoms with Crippen LogP contribution in [0.4, 0.5) is 0 Å². The molecule has 1 unspecified atom stereocenters. The zero-order valence-corrected chi connectivity index (χ0v) is 12.6. The van der Waals surface area contributed by atoms with E-state index in [0.29, 0.717) is 5.92 Å². The van der Waals surface area contributed by atoms with Gasteiger partial charge in [0.05, 0.1) is 0 Å². The summed E-state index contributed by atoms with van der Waals surface area (Å²) >= 11 is 0. The fraction of sp³-hybridized carbons (Fsp3) is 0.357. The maximum Gasteiger partial charge on any atom is 0.332 e. The molecule has 1 aromatic carbocycles. The normalized spacial score (nSPS) is 12.9. The second kappa shape index (κ2) is 7.13. The molecule has 0 radical (unpaired) electrons. The molecule has 0 saturated carbocycles. The van der Waals surface area contributed by atoms with Crippen molar-refractivity contribution in [1.82, 2.24) is 0 Å². The van der Waals surface area contributed by atoms with Gasteiger partial charge in [0.25, 0.3) is 0 Å². The van der Waals surface area contributed by atoms with Crippen LogP contribution in [0.5, 0.6) is 0 Å². The lowest BCUT2D eigenvalue weighted by molar-refractivity contribution is -0.154. The lowest BCUT2D eigenvalue weighted by Gasteiger charge is -2.16. The van der Waals surface area contributed by atoms with Gasteiger partial charge >= 0.3 is 5.97 Å². The first-order chi connectivity index (χ1) is 8.54. The number of hydrogen-bond donors (Lipinski definition) is 0. The third-order valence-corrected chi connectivity index (χ3v) is 4.19. The minimum Gasteiger partial charge on any atom is -0.434 e. The molecule has 0 amide bonds. The molecule has 0 aromatic heterocycles. The van der Waals surface area contributed by atoms with Crippen molar-refractivity contribution in [1.29, 1.82) is 0 Å². The molecule has 0 aliphatic rings. The highest BCUT2D eigenvalue weighted by molar-refractivity contribution is 6.47. The van der Waals surface area contributed by atoms with E-state index >= 15 is 0 Å². The molecule has 0 fully saturated rings. The quantitative estimate of drug-likeness (QED) is 0.339. The molecule has 18 heavy (non-hydrogen) atoms. The first-order valence-electron chi connectivity index (χ1n) is 6.07. The Morgan fingerprint density at radius 3 is 2.61 bits per heavy atom. The Balaban J connectivity index is 2.58. The molecule has 0 aliphatic carbocycles. The summed E-state index contributed by atoms with van der Waals surface area (Å²) < 4.78 is 10.6. The molecule has 0 bridgehead atoms. The van der Waals surface area contributed by atoms with Crippen LogP contribution in [0.3, 0.4) is 0 Å². The van der Waals surface area contributed by atoms with Crippen LogP contribution >= 0.6 is 0 Å². The molecule has 0 spiro atoms. The number of benzene rings is 1. The van der Waals surface area contributed by atoms with Gasteiger partial charge in [-0.05, 0) is 23.6 Å². The Kier molecular flexibility index (Phi) is 5.81. The summed E-state index contributed by atoms with van der Waals surface area (Å²) in [5, 5.41) is 1.26. The highest BCUT2D eigenvalue weighted by atomic mass is 28.2. The first kappa shape index (κ1) is 14.7. The summed E-state index contributed by atoms with van der Waals surface area (Å²) in [5.74, 6) is 0.0250. The van der Waals surface area contributed by atoms with Crippen LogP contribution in [0, 0.1) is 0 Å². The molecule has 0 heterocycles. The molecular formula is C14H20O3Si. The van der Waals surface area contributed by atoms with E-state index in [1.54, 1.807) is 6.92 Å². The van der Waals surface area contributed by atoms with E-state index in [1.807, 2.05) is 12.1 Å². The largest absolute Gasteiger partial charge is 0.434 e. The maximum atomic E-state index is 11.0. The van der Waals surface area contributed by atoms with E-state index in [0.717, 1.165) is 6.08 Å². The Bertz CT molecular complexity index is 415. The third kappa shape index (κ3) is 4.47. The molecule has 1 atom stereocenters. The van der Waals surface area contributed by atoms with E-state index in [1.165, 1.54) is 10.8 Å². The maximum absolute atomic E-state index is 11.0. The molecular weight excluding hydrogens is 244 g/mol. The number of ether oxygens (including phenoxy) is 1. The summed E-state index contributed by atoms with van der Waals surface area (Å²) in [5.41, 5.74) is 1.31. The van der Waals surface area contributed by atoms with Gasteiger partial charge in [-0.2, -0.15) is 0 Å². The smallest absolute Gasteiger partial charge is 0.332 e. The van der Waals surface area contributed by atoms with Gasteiger partial charge < -0.3 is 9.16 Å². The van der Waals surface area contributed by atoms with Crippen molar-refractivity contribution in [3.8, 4) is 0 Å². The van der Waals surface area contributed by atoms with Crippen molar-refractivity contribution >= 4 is 20.9 Å². The lowest BCUT2D eigenvalue weighted by Crippen LogP contribution is -2.28. The van der Waals surface area contributed by atoms with Crippen molar-refractivity contribution in [2.75, 3.05) is 0 Å². The number of hydrogen-bond acceptors (Lipinski definition) is 3. The van der Waals surface area contributed by atoms with E-state index < -0.39 is 22.0 Å². The SMILES string of the molecule is C=CC(=O)OC(C)O[SiH2]c1ccccc1C(C)C.